The summed E-state index contributed by atoms with van der Waals surface area (Å²) in [5.74, 6) is 1.67. The summed E-state index contributed by atoms with van der Waals surface area (Å²) >= 11 is 1.39. The lowest BCUT2D eigenvalue weighted by Gasteiger charge is -2.32. The number of aryl methyl sites for hydroxylation is 1. The quantitative estimate of drug-likeness (QED) is 0.733. The zero-order valence-corrected chi connectivity index (χ0v) is 16.3. The molecule has 0 bridgehead atoms. The van der Waals surface area contributed by atoms with Crippen molar-refractivity contribution in [2.24, 2.45) is 5.92 Å². The smallest absolute Gasteiger partial charge is 0.234 e. The average Bonchev–Trinajstić information content (AvgIpc) is 3.47. The van der Waals surface area contributed by atoms with Crippen LogP contribution in [0.2, 0.25) is 0 Å². The maximum Gasteiger partial charge on any atom is 0.234 e. The van der Waals surface area contributed by atoms with Crippen LogP contribution in [0.3, 0.4) is 0 Å². The summed E-state index contributed by atoms with van der Waals surface area (Å²) in [6.07, 6.45) is 4.83. The highest BCUT2D eigenvalue weighted by Crippen LogP contribution is 2.28. The number of rotatable bonds is 8. The van der Waals surface area contributed by atoms with Gasteiger partial charge in [-0.05, 0) is 57.2 Å². The third kappa shape index (κ3) is 6.32. The van der Waals surface area contributed by atoms with Crippen LogP contribution in [0, 0.1) is 12.8 Å². The third-order valence-electron chi connectivity index (χ3n) is 5.03. The lowest BCUT2D eigenvalue weighted by atomic mass is 10.0. The van der Waals surface area contributed by atoms with E-state index in [1.54, 1.807) is 0 Å². The fourth-order valence-corrected chi connectivity index (χ4v) is 3.86. The fourth-order valence-electron chi connectivity index (χ4n) is 3.14. The van der Waals surface area contributed by atoms with E-state index < -0.39 is 0 Å². The maximum absolute atomic E-state index is 12.3. The van der Waals surface area contributed by atoms with Crippen LogP contribution in [0.1, 0.15) is 31.2 Å². The van der Waals surface area contributed by atoms with E-state index in [1.165, 1.54) is 24.6 Å². The van der Waals surface area contributed by atoms with Crippen LogP contribution in [-0.4, -0.2) is 53.9 Å². The van der Waals surface area contributed by atoms with Gasteiger partial charge in [-0.3, -0.25) is 9.59 Å². The molecule has 0 radical (unpaired) electrons. The summed E-state index contributed by atoms with van der Waals surface area (Å²) in [7, 11) is 0. The Bertz CT molecular complexity index is 608. The number of piperidine rings is 1. The Balaban J connectivity index is 1.28. The van der Waals surface area contributed by atoms with E-state index in [0.29, 0.717) is 17.5 Å². The molecule has 0 unspecified atom stereocenters. The van der Waals surface area contributed by atoms with Gasteiger partial charge in [-0.15, -0.1) is 11.8 Å². The Kier molecular flexibility index (Phi) is 6.97. The molecule has 1 aromatic rings. The molecule has 1 saturated carbocycles. The van der Waals surface area contributed by atoms with Crippen LogP contribution in [-0.2, 0) is 9.59 Å². The molecular formula is C20H29N3O2S. The molecule has 0 aromatic heterocycles. The zero-order valence-electron chi connectivity index (χ0n) is 15.5. The topological polar surface area (TPSA) is 61.4 Å². The molecule has 1 heterocycles. The Morgan fingerprint density at radius 2 is 1.77 bits per heavy atom. The second-order valence-corrected chi connectivity index (χ2v) is 8.40. The number of carbonyl (C=O) groups is 2. The Labute approximate surface area is 160 Å². The predicted octanol–water partition coefficient (Wildman–Crippen LogP) is 2.66. The number of thioether (sulfide) groups is 1. The van der Waals surface area contributed by atoms with E-state index in [1.807, 2.05) is 36.1 Å². The van der Waals surface area contributed by atoms with Crippen LogP contribution >= 0.6 is 11.8 Å². The summed E-state index contributed by atoms with van der Waals surface area (Å²) in [5.41, 5.74) is 1.96. The molecule has 1 aliphatic carbocycles. The zero-order chi connectivity index (χ0) is 18.4. The first-order valence-corrected chi connectivity index (χ1v) is 10.7. The van der Waals surface area contributed by atoms with Crippen LogP contribution in [0.25, 0.3) is 0 Å². The number of hydrogen-bond donors (Lipinski definition) is 2. The number of nitrogens with zero attached hydrogens (tertiary/aromatic N) is 1. The van der Waals surface area contributed by atoms with Crippen LogP contribution in [0.5, 0.6) is 0 Å². The molecule has 1 aliphatic heterocycles. The van der Waals surface area contributed by atoms with Crippen LogP contribution in [0.4, 0.5) is 5.69 Å². The lowest BCUT2D eigenvalue weighted by molar-refractivity contribution is -0.129. The Hall–Kier alpha value is -1.53. The number of anilines is 1. The molecule has 5 nitrogen and oxygen atoms in total. The average molecular weight is 376 g/mol. The van der Waals surface area contributed by atoms with E-state index in [4.69, 9.17) is 0 Å². The van der Waals surface area contributed by atoms with Crippen molar-refractivity contribution < 1.29 is 9.59 Å². The van der Waals surface area contributed by atoms with E-state index in [9.17, 15) is 9.59 Å². The second-order valence-electron chi connectivity index (χ2n) is 7.41. The number of amides is 2. The van der Waals surface area contributed by atoms with Crippen LogP contribution < -0.4 is 10.6 Å². The van der Waals surface area contributed by atoms with Crippen molar-refractivity contribution in [2.75, 3.05) is 36.5 Å². The predicted molar refractivity (Wildman–Crippen MR) is 107 cm³/mol. The summed E-state index contributed by atoms with van der Waals surface area (Å²) in [4.78, 5) is 26.2. The Morgan fingerprint density at radius 1 is 1.08 bits per heavy atom. The highest BCUT2D eigenvalue weighted by atomic mass is 32.2. The van der Waals surface area contributed by atoms with Crippen molar-refractivity contribution in [3.05, 3.63) is 29.8 Å². The minimum atomic E-state index is -0.0605. The van der Waals surface area contributed by atoms with Gasteiger partial charge in [-0.1, -0.05) is 17.7 Å². The third-order valence-corrected chi connectivity index (χ3v) is 5.95. The van der Waals surface area contributed by atoms with Crippen molar-refractivity contribution in [1.29, 1.82) is 0 Å². The van der Waals surface area contributed by atoms with Gasteiger partial charge < -0.3 is 15.5 Å². The Morgan fingerprint density at radius 3 is 2.42 bits per heavy atom. The molecule has 6 heteroatoms. The first-order chi connectivity index (χ1) is 12.6. The van der Waals surface area contributed by atoms with Gasteiger partial charge in [-0.25, -0.2) is 0 Å². The van der Waals surface area contributed by atoms with Gasteiger partial charge in [0.05, 0.1) is 11.5 Å². The minimum absolute atomic E-state index is 0.0605. The van der Waals surface area contributed by atoms with Crippen molar-refractivity contribution in [3.63, 3.8) is 0 Å². The molecular weight excluding hydrogens is 346 g/mol. The SMILES string of the molecule is Cc1ccc(NC(=O)CSCC(=O)N2CCC(NCC3CC3)CC2)cc1. The molecule has 2 N–H and O–H groups in total. The number of nitrogens with one attached hydrogen (secondary N) is 2. The van der Waals surface area contributed by atoms with Gasteiger partial charge in [0.1, 0.15) is 0 Å². The maximum atomic E-state index is 12.3. The van der Waals surface area contributed by atoms with Gasteiger partial charge in [0.15, 0.2) is 0 Å². The standard InChI is InChI=1S/C20H29N3O2S/c1-15-2-6-18(7-3-15)22-19(24)13-26-14-20(25)23-10-8-17(9-11-23)21-12-16-4-5-16/h2-3,6-7,16-17,21H,4-5,8-14H2,1H3,(H,22,24). The molecule has 2 amide bonds. The summed E-state index contributed by atoms with van der Waals surface area (Å²) in [5, 5.41) is 6.50. The monoisotopic (exact) mass is 375 g/mol. The number of likely N-dealkylation sites (tertiary alicyclic amines) is 1. The van der Waals surface area contributed by atoms with E-state index in [0.717, 1.165) is 49.6 Å². The number of benzene rings is 1. The molecule has 26 heavy (non-hydrogen) atoms. The first kappa shape index (κ1) is 19.2. The van der Waals surface area contributed by atoms with Gasteiger partial charge in [0.2, 0.25) is 11.8 Å². The molecule has 2 fully saturated rings. The summed E-state index contributed by atoms with van der Waals surface area (Å²) in [6.45, 7) is 4.82. The highest BCUT2D eigenvalue weighted by molar-refractivity contribution is 8.00. The van der Waals surface area contributed by atoms with Gasteiger partial charge >= 0.3 is 0 Å². The largest absolute Gasteiger partial charge is 0.342 e. The summed E-state index contributed by atoms with van der Waals surface area (Å²) in [6, 6.07) is 8.28. The second kappa shape index (κ2) is 9.42. The fraction of sp³-hybridized carbons (Fsp3) is 0.600. The molecule has 3 rings (SSSR count). The van der Waals surface area contributed by atoms with Gasteiger partial charge in [0, 0.05) is 24.8 Å². The first-order valence-electron chi connectivity index (χ1n) is 9.55. The van der Waals surface area contributed by atoms with Crippen molar-refractivity contribution in [2.45, 2.75) is 38.6 Å². The molecule has 142 valence electrons. The molecule has 2 aliphatic rings. The highest BCUT2D eigenvalue weighted by Gasteiger charge is 2.25. The molecule has 0 spiro atoms. The number of hydrogen-bond acceptors (Lipinski definition) is 4. The van der Waals surface area contributed by atoms with Crippen molar-refractivity contribution >= 4 is 29.3 Å². The van der Waals surface area contributed by atoms with Crippen molar-refractivity contribution in [3.8, 4) is 0 Å². The minimum Gasteiger partial charge on any atom is -0.342 e. The van der Waals surface area contributed by atoms with Gasteiger partial charge in [0.25, 0.3) is 0 Å². The van der Waals surface area contributed by atoms with Gasteiger partial charge in [-0.2, -0.15) is 0 Å². The lowest BCUT2D eigenvalue weighted by Crippen LogP contribution is -2.46. The van der Waals surface area contributed by atoms with E-state index in [2.05, 4.69) is 10.6 Å². The van der Waals surface area contributed by atoms with Crippen LogP contribution in [0.15, 0.2) is 24.3 Å². The van der Waals surface area contributed by atoms with E-state index in [-0.39, 0.29) is 11.8 Å². The summed E-state index contributed by atoms with van der Waals surface area (Å²) < 4.78 is 0. The van der Waals surface area contributed by atoms with E-state index >= 15 is 0 Å². The number of carbonyl (C=O) groups excluding carboxylic acids is 2. The molecule has 1 aromatic carbocycles. The van der Waals surface area contributed by atoms with Crippen molar-refractivity contribution in [1.82, 2.24) is 10.2 Å². The molecule has 0 atom stereocenters. The normalized spacial score (nSPS) is 18.0. The molecule has 1 saturated heterocycles.